The van der Waals surface area contributed by atoms with Gasteiger partial charge in [0.15, 0.2) is 47.8 Å². The summed E-state index contributed by atoms with van der Waals surface area (Å²) >= 11 is 0. The number of hydrogen-bond donors (Lipinski definition) is 7. The number of phenolic OH excluding ortho intramolecular Hbond substituents is 4. The van der Waals surface area contributed by atoms with Crippen LogP contribution in [0, 0.1) is 0 Å². The predicted molar refractivity (Wildman–Crippen MR) is 166 cm³/mol. The number of benzene rings is 2. The fraction of sp³-hybridized carbons (Fsp3) is 0.485. The first-order chi connectivity index (χ1) is 23.6. The molecule has 0 aromatic heterocycles. The molecule has 17 nitrogen and oxygen atoms in total. The summed E-state index contributed by atoms with van der Waals surface area (Å²) in [5.74, 6) is -4.12. The molecule has 4 rings (SSSR count). The Bertz CT molecular complexity index is 1530. The number of carbonyl (C=O) groups excluding carboxylic acids is 3. The van der Waals surface area contributed by atoms with Crippen molar-refractivity contribution in [3.63, 3.8) is 0 Å². The van der Waals surface area contributed by atoms with E-state index < -0.39 is 91.7 Å². The lowest BCUT2D eigenvalue weighted by molar-refractivity contribution is -0.358. The van der Waals surface area contributed by atoms with Crippen LogP contribution in [0.2, 0.25) is 0 Å². The molecule has 10 atom stereocenters. The maximum Gasteiger partial charge on any atom is 0.331 e. The Kier molecular flexibility index (Phi) is 13.0. The van der Waals surface area contributed by atoms with Gasteiger partial charge in [0.05, 0.1) is 12.7 Å². The molecular weight excluding hydrogens is 668 g/mol. The molecule has 0 unspecified atom stereocenters. The van der Waals surface area contributed by atoms with Gasteiger partial charge in [-0.05, 0) is 54.8 Å². The second-order valence-corrected chi connectivity index (χ2v) is 11.6. The number of rotatable bonds is 12. The molecule has 0 spiro atoms. The molecule has 0 amide bonds. The second-order valence-electron chi connectivity index (χ2n) is 11.6. The second kappa shape index (κ2) is 16.9. The van der Waals surface area contributed by atoms with Gasteiger partial charge in [0.25, 0.3) is 0 Å². The summed E-state index contributed by atoms with van der Waals surface area (Å²) < 4.78 is 40.1. The Morgan fingerprint density at radius 1 is 0.760 bits per heavy atom. The first-order valence-corrected chi connectivity index (χ1v) is 15.5. The minimum Gasteiger partial charge on any atom is -0.504 e. The molecule has 2 aromatic rings. The Morgan fingerprint density at radius 2 is 1.44 bits per heavy atom. The minimum absolute atomic E-state index is 0.128. The molecule has 50 heavy (non-hydrogen) atoms. The number of aliphatic hydroxyl groups excluding tert-OH is 3. The number of hydrogen-bond acceptors (Lipinski definition) is 17. The SMILES string of the molecule is CC(=O)OC[C@H]1O[C@@H](OCCc2ccc(O)c(O)c2)[C@H](OC(C)=O)[C@@H](O[C@@H]2O[C@@H](C)[C@H](O)[C@@H](O)[C@H]2O)[C@@H]1OC(=O)C=Cc1ccc(O)c(O)c1. The van der Waals surface area contributed by atoms with Crippen LogP contribution < -0.4 is 0 Å². The van der Waals surface area contributed by atoms with Gasteiger partial charge in [-0.1, -0.05) is 12.1 Å². The average Bonchev–Trinajstić information content (AvgIpc) is 3.06. The maximum atomic E-state index is 13.2. The highest BCUT2D eigenvalue weighted by Gasteiger charge is 2.54. The molecule has 2 fully saturated rings. The summed E-state index contributed by atoms with van der Waals surface area (Å²) in [6.45, 7) is 2.94. The molecule has 17 heteroatoms. The van der Waals surface area contributed by atoms with Gasteiger partial charge in [0, 0.05) is 19.9 Å². The fourth-order valence-corrected chi connectivity index (χ4v) is 5.24. The van der Waals surface area contributed by atoms with E-state index in [1.807, 2.05) is 0 Å². The lowest BCUT2D eigenvalue weighted by atomic mass is 9.96. The van der Waals surface area contributed by atoms with Gasteiger partial charge in [-0.2, -0.15) is 0 Å². The topological polar surface area (TPSA) is 257 Å². The van der Waals surface area contributed by atoms with E-state index in [4.69, 9.17) is 33.2 Å². The maximum absolute atomic E-state index is 13.2. The van der Waals surface area contributed by atoms with Gasteiger partial charge >= 0.3 is 17.9 Å². The number of aliphatic hydroxyl groups is 3. The summed E-state index contributed by atoms with van der Waals surface area (Å²) in [7, 11) is 0. The number of phenols is 4. The Balaban J connectivity index is 1.67. The van der Waals surface area contributed by atoms with Crippen LogP contribution >= 0.6 is 0 Å². The van der Waals surface area contributed by atoms with Gasteiger partial charge in [-0.25, -0.2) is 4.79 Å². The highest BCUT2D eigenvalue weighted by atomic mass is 16.8. The number of ether oxygens (including phenoxy) is 7. The average molecular weight is 709 g/mol. The van der Waals surface area contributed by atoms with Crippen molar-refractivity contribution in [2.24, 2.45) is 0 Å². The van der Waals surface area contributed by atoms with Crippen molar-refractivity contribution in [2.75, 3.05) is 13.2 Å². The van der Waals surface area contributed by atoms with E-state index in [-0.39, 0.29) is 30.3 Å². The van der Waals surface area contributed by atoms with Crippen LogP contribution in [0.5, 0.6) is 23.0 Å². The first-order valence-electron chi connectivity index (χ1n) is 15.5. The smallest absolute Gasteiger partial charge is 0.331 e. The lowest BCUT2D eigenvalue weighted by Gasteiger charge is -2.47. The van der Waals surface area contributed by atoms with Crippen LogP contribution in [0.15, 0.2) is 42.5 Å². The van der Waals surface area contributed by atoms with E-state index in [2.05, 4.69) is 0 Å². The Hall–Kier alpha value is -4.49. The van der Waals surface area contributed by atoms with Crippen LogP contribution in [0.1, 0.15) is 31.9 Å². The zero-order valence-corrected chi connectivity index (χ0v) is 27.2. The summed E-state index contributed by atoms with van der Waals surface area (Å²) in [6.07, 6.45) is -13.0. The van der Waals surface area contributed by atoms with Crippen molar-refractivity contribution >= 4 is 24.0 Å². The molecule has 2 aliphatic rings. The zero-order valence-electron chi connectivity index (χ0n) is 27.2. The van der Waals surface area contributed by atoms with Crippen LogP contribution in [-0.2, 0) is 54.0 Å². The fourth-order valence-electron chi connectivity index (χ4n) is 5.24. The molecule has 0 saturated carbocycles. The van der Waals surface area contributed by atoms with Crippen molar-refractivity contribution in [3.8, 4) is 23.0 Å². The summed E-state index contributed by atoms with van der Waals surface area (Å²) in [6, 6.07) is 7.90. The minimum atomic E-state index is -1.84. The molecule has 2 aromatic carbocycles. The van der Waals surface area contributed by atoms with Gasteiger partial charge in [0.1, 0.15) is 37.1 Å². The third-order valence-corrected chi connectivity index (χ3v) is 7.82. The van der Waals surface area contributed by atoms with Crippen molar-refractivity contribution in [3.05, 3.63) is 53.6 Å². The van der Waals surface area contributed by atoms with Gasteiger partial charge < -0.3 is 68.9 Å². The van der Waals surface area contributed by atoms with Crippen LogP contribution in [0.4, 0.5) is 0 Å². The standard InChI is InChI=1S/C33H40O17/c1-15-26(41)27(42)28(43)32(46-15)50-30-29(49-25(40)9-6-18-4-7-20(36)22(38)12-18)24(14-45-16(2)34)48-33(31(30)47-17(3)35)44-11-10-19-5-8-21(37)23(39)13-19/h4-9,12-13,15,24,26-33,36-39,41-43H,10-11,14H2,1-3H3/t15-,24+,26-,27+,28+,29+,30-,31+,32-,33+/m0/s1. The lowest BCUT2D eigenvalue weighted by Crippen LogP contribution is -2.65. The molecule has 2 heterocycles. The molecular formula is C33H40O17. The zero-order chi connectivity index (χ0) is 36.7. The predicted octanol–water partition coefficient (Wildman–Crippen LogP) is 0.126. The van der Waals surface area contributed by atoms with E-state index in [0.29, 0.717) is 11.1 Å². The third-order valence-electron chi connectivity index (χ3n) is 7.82. The summed E-state index contributed by atoms with van der Waals surface area (Å²) in [5, 5.41) is 70.3. The van der Waals surface area contributed by atoms with Crippen molar-refractivity contribution in [1.82, 2.24) is 0 Å². The molecule has 0 aliphatic carbocycles. The van der Waals surface area contributed by atoms with E-state index in [9.17, 15) is 50.1 Å². The Morgan fingerprint density at radius 3 is 2.08 bits per heavy atom. The molecule has 7 N–H and O–H groups in total. The van der Waals surface area contributed by atoms with Crippen LogP contribution in [0.25, 0.3) is 6.08 Å². The summed E-state index contributed by atoms with van der Waals surface area (Å²) in [4.78, 5) is 37.4. The number of esters is 3. The highest BCUT2D eigenvalue weighted by molar-refractivity contribution is 5.87. The van der Waals surface area contributed by atoms with Gasteiger partial charge in [0.2, 0.25) is 0 Å². The molecule has 2 aliphatic heterocycles. The van der Waals surface area contributed by atoms with Gasteiger partial charge in [-0.15, -0.1) is 0 Å². The van der Waals surface area contributed by atoms with E-state index in [1.54, 1.807) is 0 Å². The van der Waals surface area contributed by atoms with Crippen molar-refractivity contribution < 1.29 is 83.3 Å². The highest BCUT2D eigenvalue weighted by Crippen LogP contribution is 2.34. The number of carbonyl (C=O) groups is 3. The van der Waals surface area contributed by atoms with Crippen molar-refractivity contribution in [2.45, 2.75) is 88.6 Å². The van der Waals surface area contributed by atoms with Crippen LogP contribution in [0.3, 0.4) is 0 Å². The monoisotopic (exact) mass is 708 g/mol. The van der Waals surface area contributed by atoms with E-state index in [0.717, 1.165) is 19.9 Å². The molecule has 0 radical (unpaired) electrons. The van der Waals surface area contributed by atoms with Gasteiger partial charge in [-0.3, -0.25) is 9.59 Å². The third kappa shape index (κ3) is 9.81. The number of aromatic hydroxyl groups is 4. The largest absolute Gasteiger partial charge is 0.504 e. The molecule has 2 saturated heterocycles. The van der Waals surface area contributed by atoms with Crippen molar-refractivity contribution in [1.29, 1.82) is 0 Å². The first kappa shape index (κ1) is 38.3. The van der Waals surface area contributed by atoms with E-state index in [1.165, 1.54) is 49.4 Å². The quantitative estimate of drug-likeness (QED) is 0.0669. The van der Waals surface area contributed by atoms with E-state index >= 15 is 0 Å². The summed E-state index contributed by atoms with van der Waals surface area (Å²) in [5.41, 5.74) is 0.847. The molecule has 0 bridgehead atoms. The normalized spacial score (nSPS) is 29.7. The Labute approximate surface area is 285 Å². The van der Waals surface area contributed by atoms with Crippen LogP contribution in [-0.4, -0.2) is 128 Å². The molecule has 274 valence electrons.